The van der Waals surface area contributed by atoms with Crippen molar-refractivity contribution in [2.75, 3.05) is 7.05 Å². The molecule has 1 aromatic rings. The molecule has 2 rings (SSSR count). The standard InChI is InChI=1S/C15H25NO/c1-4-12-8-9-13(17-12)14(16-3)15(2)10-6-5-7-11-15/h8-9,14,16H,4-7,10-11H2,1-3H3. The molecule has 2 nitrogen and oxygen atoms in total. The van der Waals surface area contributed by atoms with Crippen LogP contribution in [0.15, 0.2) is 16.5 Å². The van der Waals surface area contributed by atoms with Gasteiger partial charge in [-0.3, -0.25) is 0 Å². The molecule has 0 bridgehead atoms. The summed E-state index contributed by atoms with van der Waals surface area (Å²) < 4.78 is 5.94. The monoisotopic (exact) mass is 235 g/mol. The first-order valence-electron chi connectivity index (χ1n) is 6.95. The van der Waals surface area contributed by atoms with Crippen LogP contribution in [0.3, 0.4) is 0 Å². The Morgan fingerprint density at radius 3 is 2.53 bits per heavy atom. The molecule has 0 radical (unpaired) electrons. The van der Waals surface area contributed by atoms with Crippen LogP contribution in [0.2, 0.25) is 0 Å². The van der Waals surface area contributed by atoms with Crippen LogP contribution >= 0.6 is 0 Å². The van der Waals surface area contributed by atoms with E-state index in [1.165, 1.54) is 32.1 Å². The zero-order valence-electron chi connectivity index (χ0n) is 11.4. The Morgan fingerprint density at radius 2 is 2.00 bits per heavy atom. The normalized spacial score (nSPS) is 21.4. The molecule has 1 saturated carbocycles. The summed E-state index contributed by atoms with van der Waals surface area (Å²) in [5, 5.41) is 3.47. The van der Waals surface area contributed by atoms with E-state index in [2.05, 4.69) is 38.3 Å². The molecule has 1 heterocycles. The molecule has 96 valence electrons. The van der Waals surface area contributed by atoms with Gasteiger partial charge >= 0.3 is 0 Å². The largest absolute Gasteiger partial charge is 0.464 e. The van der Waals surface area contributed by atoms with E-state index in [0.717, 1.165) is 17.9 Å². The molecular formula is C15H25NO. The lowest BCUT2D eigenvalue weighted by Crippen LogP contribution is -2.35. The maximum atomic E-state index is 5.94. The Labute approximate surface area is 105 Å². The minimum absolute atomic E-state index is 0.357. The van der Waals surface area contributed by atoms with Gasteiger partial charge in [-0.25, -0.2) is 0 Å². The van der Waals surface area contributed by atoms with Crippen molar-refractivity contribution in [3.05, 3.63) is 23.7 Å². The fraction of sp³-hybridized carbons (Fsp3) is 0.733. The van der Waals surface area contributed by atoms with E-state index in [-0.39, 0.29) is 0 Å². The minimum atomic E-state index is 0.357. The van der Waals surface area contributed by atoms with Crippen molar-refractivity contribution >= 4 is 0 Å². The van der Waals surface area contributed by atoms with Crippen LogP contribution in [0.5, 0.6) is 0 Å². The first kappa shape index (κ1) is 12.7. The van der Waals surface area contributed by atoms with Gasteiger partial charge in [0.25, 0.3) is 0 Å². The molecule has 1 atom stereocenters. The Bertz CT molecular complexity index is 350. The summed E-state index contributed by atoms with van der Waals surface area (Å²) in [5.41, 5.74) is 0.357. The molecular weight excluding hydrogens is 210 g/mol. The molecule has 0 aliphatic heterocycles. The second-order valence-electron chi connectivity index (χ2n) is 5.59. The highest BCUT2D eigenvalue weighted by Gasteiger charge is 2.37. The van der Waals surface area contributed by atoms with Gasteiger partial charge in [-0.2, -0.15) is 0 Å². The summed E-state index contributed by atoms with van der Waals surface area (Å²) in [6, 6.07) is 4.63. The second kappa shape index (κ2) is 5.26. The summed E-state index contributed by atoms with van der Waals surface area (Å²) in [4.78, 5) is 0. The molecule has 1 aliphatic carbocycles. The second-order valence-corrected chi connectivity index (χ2v) is 5.59. The summed E-state index contributed by atoms with van der Waals surface area (Å²) in [6.07, 6.45) is 7.70. The lowest BCUT2D eigenvalue weighted by atomic mass is 9.70. The molecule has 2 heteroatoms. The van der Waals surface area contributed by atoms with Crippen LogP contribution in [-0.4, -0.2) is 7.05 Å². The Kier molecular flexibility index (Phi) is 3.93. The Morgan fingerprint density at radius 1 is 1.29 bits per heavy atom. The number of nitrogens with one attached hydrogen (secondary N) is 1. The Balaban J connectivity index is 2.19. The molecule has 0 saturated heterocycles. The third-order valence-electron chi connectivity index (χ3n) is 4.30. The van der Waals surface area contributed by atoms with E-state index in [0.29, 0.717) is 11.5 Å². The smallest absolute Gasteiger partial charge is 0.121 e. The van der Waals surface area contributed by atoms with Gasteiger partial charge in [0.05, 0.1) is 6.04 Å². The van der Waals surface area contributed by atoms with E-state index < -0.39 is 0 Å². The van der Waals surface area contributed by atoms with Crippen molar-refractivity contribution in [1.82, 2.24) is 5.32 Å². The average molecular weight is 235 g/mol. The summed E-state index contributed by atoms with van der Waals surface area (Å²) in [7, 11) is 2.05. The highest BCUT2D eigenvalue weighted by molar-refractivity contribution is 5.14. The molecule has 1 N–H and O–H groups in total. The number of aryl methyl sites for hydroxylation is 1. The highest BCUT2D eigenvalue weighted by atomic mass is 16.3. The topological polar surface area (TPSA) is 25.2 Å². The van der Waals surface area contributed by atoms with Gasteiger partial charge in [0.2, 0.25) is 0 Å². The van der Waals surface area contributed by atoms with Crippen LogP contribution < -0.4 is 5.32 Å². The maximum Gasteiger partial charge on any atom is 0.121 e. The predicted octanol–water partition coefficient (Wildman–Crippen LogP) is 4.07. The van der Waals surface area contributed by atoms with Crippen molar-refractivity contribution in [1.29, 1.82) is 0 Å². The number of hydrogen-bond donors (Lipinski definition) is 1. The first-order chi connectivity index (χ1) is 8.19. The molecule has 0 amide bonds. The molecule has 0 aromatic carbocycles. The minimum Gasteiger partial charge on any atom is -0.464 e. The highest BCUT2D eigenvalue weighted by Crippen LogP contribution is 2.45. The van der Waals surface area contributed by atoms with E-state index >= 15 is 0 Å². The predicted molar refractivity (Wildman–Crippen MR) is 71.1 cm³/mol. The van der Waals surface area contributed by atoms with Crippen molar-refractivity contribution in [2.45, 2.75) is 58.4 Å². The van der Waals surface area contributed by atoms with Crippen LogP contribution in [-0.2, 0) is 6.42 Å². The molecule has 1 unspecified atom stereocenters. The maximum absolute atomic E-state index is 5.94. The molecule has 1 aromatic heterocycles. The summed E-state index contributed by atoms with van der Waals surface area (Å²) >= 11 is 0. The quantitative estimate of drug-likeness (QED) is 0.851. The number of rotatable bonds is 4. The molecule has 17 heavy (non-hydrogen) atoms. The van der Waals surface area contributed by atoms with Crippen molar-refractivity contribution < 1.29 is 4.42 Å². The Hall–Kier alpha value is -0.760. The van der Waals surface area contributed by atoms with E-state index in [4.69, 9.17) is 4.42 Å². The average Bonchev–Trinajstić information content (AvgIpc) is 2.79. The molecule has 0 spiro atoms. The lowest BCUT2D eigenvalue weighted by molar-refractivity contribution is 0.133. The van der Waals surface area contributed by atoms with Gasteiger partial charge in [0.15, 0.2) is 0 Å². The van der Waals surface area contributed by atoms with Crippen molar-refractivity contribution in [2.24, 2.45) is 5.41 Å². The van der Waals surface area contributed by atoms with E-state index in [1.807, 2.05) is 0 Å². The summed E-state index contributed by atoms with van der Waals surface area (Å²) in [5.74, 6) is 2.22. The van der Waals surface area contributed by atoms with Crippen molar-refractivity contribution in [3.63, 3.8) is 0 Å². The lowest BCUT2D eigenvalue weighted by Gasteiger charge is -2.39. The molecule has 1 fully saturated rings. The van der Waals surface area contributed by atoms with Gasteiger partial charge < -0.3 is 9.73 Å². The van der Waals surface area contributed by atoms with Gasteiger partial charge in [0, 0.05) is 6.42 Å². The van der Waals surface area contributed by atoms with E-state index in [9.17, 15) is 0 Å². The van der Waals surface area contributed by atoms with Crippen molar-refractivity contribution in [3.8, 4) is 0 Å². The third kappa shape index (κ3) is 2.57. The number of furan rings is 1. The molecule has 1 aliphatic rings. The van der Waals surface area contributed by atoms with Crippen LogP contribution in [0.4, 0.5) is 0 Å². The van der Waals surface area contributed by atoms with E-state index in [1.54, 1.807) is 0 Å². The fourth-order valence-electron chi connectivity index (χ4n) is 3.22. The summed E-state index contributed by atoms with van der Waals surface area (Å²) in [6.45, 7) is 4.54. The fourth-order valence-corrected chi connectivity index (χ4v) is 3.22. The SMILES string of the molecule is CCc1ccc(C(NC)C2(C)CCCCC2)o1. The van der Waals surface area contributed by atoms with Gasteiger partial charge in [-0.05, 0) is 37.4 Å². The zero-order chi connectivity index (χ0) is 12.3. The van der Waals surface area contributed by atoms with Crippen LogP contribution in [0.1, 0.15) is 63.5 Å². The zero-order valence-corrected chi connectivity index (χ0v) is 11.4. The number of hydrogen-bond acceptors (Lipinski definition) is 2. The van der Waals surface area contributed by atoms with Gasteiger partial charge in [-0.1, -0.05) is 33.1 Å². The third-order valence-corrected chi connectivity index (χ3v) is 4.30. The van der Waals surface area contributed by atoms with Gasteiger partial charge in [-0.15, -0.1) is 0 Å². The first-order valence-corrected chi connectivity index (χ1v) is 6.95. The van der Waals surface area contributed by atoms with Crippen LogP contribution in [0.25, 0.3) is 0 Å². The van der Waals surface area contributed by atoms with Crippen LogP contribution in [0, 0.1) is 5.41 Å². The van der Waals surface area contributed by atoms with Gasteiger partial charge in [0.1, 0.15) is 11.5 Å².